The van der Waals surface area contributed by atoms with Gasteiger partial charge in [-0.25, -0.2) is 9.97 Å². The molecular formula is C40H37BN2O2. The summed E-state index contributed by atoms with van der Waals surface area (Å²) in [5.74, 6) is 0.702. The Kier molecular flexibility index (Phi) is 8.49. The summed E-state index contributed by atoms with van der Waals surface area (Å²) in [5.41, 5.74) is 8.69. The first kappa shape index (κ1) is 30.2. The standard InChI is InChI=1S/C40H37BN2O2/c1-39(2,44)40(3,4)45-41-35-22-14-13-21-34(35)33-20-12-11-19-32(33)28-23-25-30(26-24-28)37-27-36(29-15-7-5-8-16-29)42-38(43-37)31-17-9-6-10-18-31/h5-27,41,44H,1-4H3. The smallest absolute Gasteiger partial charge is 0.310 e. The first-order valence-corrected chi connectivity index (χ1v) is 15.3. The van der Waals surface area contributed by atoms with Crippen LogP contribution in [0.5, 0.6) is 0 Å². The molecule has 5 heteroatoms. The average Bonchev–Trinajstić information content (AvgIpc) is 3.08. The molecule has 1 N–H and O–H groups in total. The topological polar surface area (TPSA) is 55.2 Å². The van der Waals surface area contributed by atoms with Gasteiger partial charge in [0.2, 0.25) is 0 Å². The fraction of sp³-hybridized carbons (Fsp3) is 0.150. The number of rotatable bonds is 9. The summed E-state index contributed by atoms with van der Waals surface area (Å²) in [6.45, 7) is 7.41. The molecule has 0 aliphatic rings. The summed E-state index contributed by atoms with van der Waals surface area (Å²) in [5, 5.41) is 10.6. The largest absolute Gasteiger partial charge is 0.427 e. The first-order valence-electron chi connectivity index (χ1n) is 15.3. The van der Waals surface area contributed by atoms with E-state index in [1.54, 1.807) is 13.8 Å². The normalized spacial score (nSPS) is 11.8. The van der Waals surface area contributed by atoms with Crippen LogP contribution < -0.4 is 5.46 Å². The van der Waals surface area contributed by atoms with Crippen LogP contribution in [0.3, 0.4) is 0 Å². The monoisotopic (exact) mass is 588 g/mol. The highest BCUT2D eigenvalue weighted by molar-refractivity contribution is 6.49. The number of hydrogen-bond donors (Lipinski definition) is 1. The Morgan fingerprint density at radius 2 is 0.978 bits per heavy atom. The van der Waals surface area contributed by atoms with Crippen LogP contribution in [0.4, 0.5) is 0 Å². The molecule has 1 aromatic heterocycles. The van der Waals surface area contributed by atoms with Gasteiger partial charge >= 0.3 is 7.48 Å². The molecule has 0 aliphatic carbocycles. The molecule has 0 amide bonds. The Bertz CT molecular complexity index is 1840. The van der Waals surface area contributed by atoms with Crippen molar-refractivity contribution >= 4 is 12.9 Å². The Labute approximate surface area is 266 Å². The predicted molar refractivity (Wildman–Crippen MR) is 187 cm³/mol. The van der Waals surface area contributed by atoms with Gasteiger partial charge in [0.25, 0.3) is 0 Å². The van der Waals surface area contributed by atoms with Gasteiger partial charge in [-0.1, -0.05) is 133 Å². The lowest BCUT2D eigenvalue weighted by Crippen LogP contribution is -2.49. The lowest BCUT2D eigenvalue weighted by atomic mass is 9.78. The molecule has 5 aromatic carbocycles. The minimum Gasteiger partial charge on any atom is -0.427 e. The molecule has 0 bridgehead atoms. The highest BCUT2D eigenvalue weighted by Gasteiger charge is 2.35. The third-order valence-electron chi connectivity index (χ3n) is 8.62. The summed E-state index contributed by atoms with van der Waals surface area (Å²) < 4.78 is 6.27. The van der Waals surface area contributed by atoms with Gasteiger partial charge in [-0.05, 0) is 61.5 Å². The van der Waals surface area contributed by atoms with Crippen LogP contribution in [-0.4, -0.2) is 33.8 Å². The van der Waals surface area contributed by atoms with E-state index in [2.05, 4.69) is 84.9 Å². The van der Waals surface area contributed by atoms with Crippen molar-refractivity contribution < 1.29 is 9.76 Å². The van der Waals surface area contributed by atoms with E-state index in [9.17, 15) is 5.11 Å². The highest BCUT2D eigenvalue weighted by atomic mass is 16.5. The van der Waals surface area contributed by atoms with Gasteiger partial charge in [-0.3, -0.25) is 0 Å². The fourth-order valence-corrected chi connectivity index (χ4v) is 5.20. The quantitative estimate of drug-likeness (QED) is 0.173. The molecule has 222 valence electrons. The molecule has 0 aliphatic heterocycles. The van der Waals surface area contributed by atoms with E-state index in [1.807, 2.05) is 68.4 Å². The second-order valence-corrected chi connectivity index (χ2v) is 12.3. The molecule has 6 aromatic rings. The van der Waals surface area contributed by atoms with E-state index in [4.69, 9.17) is 14.6 Å². The summed E-state index contributed by atoms with van der Waals surface area (Å²) >= 11 is 0. The number of aromatic nitrogens is 2. The average molecular weight is 589 g/mol. The van der Waals surface area contributed by atoms with Crippen molar-refractivity contribution in [2.45, 2.75) is 38.9 Å². The molecular weight excluding hydrogens is 551 g/mol. The Morgan fingerprint density at radius 3 is 1.58 bits per heavy atom. The van der Waals surface area contributed by atoms with Crippen molar-refractivity contribution in [2.75, 3.05) is 0 Å². The molecule has 6 rings (SSSR count). The molecule has 4 nitrogen and oxygen atoms in total. The predicted octanol–water partition coefficient (Wildman–Crippen LogP) is 8.35. The van der Waals surface area contributed by atoms with Gasteiger partial charge in [-0.15, -0.1) is 0 Å². The van der Waals surface area contributed by atoms with Gasteiger partial charge < -0.3 is 9.76 Å². The maximum atomic E-state index is 10.6. The molecule has 0 fully saturated rings. The third kappa shape index (κ3) is 6.65. The minimum atomic E-state index is -0.977. The van der Waals surface area contributed by atoms with Gasteiger partial charge in [0, 0.05) is 16.7 Å². The van der Waals surface area contributed by atoms with E-state index in [1.165, 1.54) is 0 Å². The number of benzene rings is 5. The molecule has 45 heavy (non-hydrogen) atoms. The maximum absolute atomic E-state index is 10.6. The molecule has 0 saturated heterocycles. The fourth-order valence-electron chi connectivity index (χ4n) is 5.20. The zero-order valence-electron chi connectivity index (χ0n) is 26.2. The molecule has 0 radical (unpaired) electrons. The molecule has 0 saturated carbocycles. The zero-order chi connectivity index (χ0) is 31.4. The Hall–Kier alpha value is -4.84. The van der Waals surface area contributed by atoms with Gasteiger partial charge in [0.05, 0.1) is 22.6 Å². The van der Waals surface area contributed by atoms with Crippen molar-refractivity contribution in [3.63, 3.8) is 0 Å². The minimum absolute atomic E-state index is 0.391. The van der Waals surface area contributed by atoms with E-state index in [-0.39, 0.29) is 0 Å². The second kappa shape index (κ2) is 12.6. The zero-order valence-corrected chi connectivity index (χ0v) is 26.2. The summed E-state index contributed by atoms with van der Waals surface area (Å²) in [6.07, 6.45) is 0. The summed E-state index contributed by atoms with van der Waals surface area (Å²) in [4.78, 5) is 9.92. The van der Waals surface area contributed by atoms with E-state index in [0.717, 1.165) is 55.8 Å². The van der Waals surface area contributed by atoms with Crippen LogP contribution in [0.1, 0.15) is 27.7 Å². The van der Waals surface area contributed by atoms with Crippen molar-refractivity contribution in [2.24, 2.45) is 0 Å². The van der Waals surface area contributed by atoms with Crippen LogP contribution in [0.2, 0.25) is 0 Å². The Morgan fingerprint density at radius 1 is 0.511 bits per heavy atom. The van der Waals surface area contributed by atoms with Crippen molar-refractivity contribution in [1.29, 1.82) is 0 Å². The molecule has 0 atom stereocenters. The lowest BCUT2D eigenvalue weighted by molar-refractivity contribution is -0.0893. The van der Waals surface area contributed by atoms with Gasteiger partial charge in [-0.2, -0.15) is 0 Å². The highest BCUT2D eigenvalue weighted by Crippen LogP contribution is 2.34. The molecule has 1 heterocycles. The van der Waals surface area contributed by atoms with Crippen molar-refractivity contribution in [3.05, 3.63) is 140 Å². The first-order chi connectivity index (χ1) is 21.7. The van der Waals surface area contributed by atoms with Gasteiger partial charge in [0.1, 0.15) is 0 Å². The third-order valence-corrected chi connectivity index (χ3v) is 8.62. The van der Waals surface area contributed by atoms with Crippen LogP contribution in [0, 0.1) is 0 Å². The van der Waals surface area contributed by atoms with E-state index >= 15 is 0 Å². The maximum Gasteiger partial charge on any atom is 0.310 e. The van der Waals surface area contributed by atoms with E-state index in [0.29, 0.717) is 13.3 Å². The SMILES string of the molecule is CC(C)(O)C(C)(C)OBc1ccccc1-c1ccccc1-c1ccc(-c2cc(-c3ccccc3)nc(-c3ccccc3)n2)cc1. The number of hydrogen-bond acceptors (Lipinski definition) is 4. The van der Waals surface area contributed by atoms with Crippen LogP contribution >= 0.6 is 0 Å². The lowest BCUT2D eigenvalue weighted by Gasteiger charge is -2.37. The van der Waals surface area contributed by atoms with Crippen LogP contribution in [0.25, 0.3) is 56.2 Å². The van der Waals surface area contributed by atoms with Crippen molar-refractivity contribution in [3.8, 4) is 56.2 Å². The molecule has 0 unspecified atom stereocenters. The molecule has 0 spiro atoms. The van der Waals surface area contributed by atoms with Crippen LogP contribution in [0.15, 0.2) is 140 Å². The number of nitrogens with zero attached hydrogens (tertiary/aromatic N) is 2. The second-order valence-electron chi connectivity index (χ2n) is 12.3. The van der Waals surface area contributed by atoms with E-state index < -0.39 is 11.2 Å². The summed E-state index contributed by atoms with van der Waals surface area (Å²) in [7, 11) is 0.391. The Balaban J connectivity index is 1.36. The summed E-state index contributed by atoms with van der Waals surface area (Å²) in [6, 6.07) is 47.8. The van der Waals surface area contributed by atoms with Crippen LogP contribution in [-0.2, 0) is 4.65 Å². The van der Waals surface area contributed by atoms with Gasteiger partial charge in [0.15, 0.2) is 5.82 Å². The number of aliphatic hydroxyl groups is 1. The van der Waals surface area contributed by atoms with Crippen molar-refractivity contribution in [1.82, 2.24) is 9.97 Å².